The average molecular weight is 460 g/mol. The molecule has 4 rings (SSSR count). The number of fused-ring (bicyclic) bond motifs is 1. The lowest BCUT2D eigenvalue weighted by Gasteiger charge is -2.33. The molecule has 3 heterocycles. The molecule has 0 N–H and O–H groups in total. The Bertz CT molecular complexity index is 1370. The van der Waals surface area contributed by atoms with Gasteiger partial charge in [0.15, 0.2) is 5.82 Å². The van der Waals surface area contributed by atoms with Crippen LogP contribution in [-0.2, 0) is 5.54 Å². The van der Waals surface area contributed by atoms with Gasteiger partial charge in [-0.3, -0.25) is 4.79 Å². The molecule has 1 aromatic carbocycles. The molecule has 7 nitrogen and oxygen atoms in total. The molecule has 0 amide bonds. The van der Waals surface area contributed by atoms with Crippen LogP contribution in [0.2, 0.25) is 10.3 Å². The van der Waals surface area contributed by atoms with Gasteiger partial charge in [0, 0.05) is 24.2 Å². The van der Waals surface area contributed by atoms with Gasteiger partial charge in [-0.2, -0.15) is 4.98 Å². The topological polar surface area (TPSA) is 82.7 Å². The van der Waals surface area contributed by atoms with Crippen LogP contribution >= 0.6 is 23.2 Å². The summed E-state index contributed by atoms with van der Waals surface area (Å²) in [7, 11) is 0. The minimum Gasteiger partial charge on any atom is -0.322 e. The van der Waals surface area contributed by atoms with Crippen molar-refractivity contribution < 1.29 is 4.39 Å². The number of benzene rings is 1. The molecule has 1 unspecified atom stereocenters. The van der Waals surface area contributed by atoms with Gasteiger partial charge in [0.05, 0.1) is 21.8 Å². The summed E-state index contributed by atoms with van der Waals surface area (Å²) in [5, 5.41) is 0.0463. The first-order valence-corrected chi connectivity index (χ1v) is 10.1. The van der Waals surface area contributed by atoms with Crippen LogP contribution in [0, 0.1) is 5.82 Å². The summed E-state index contributed by atoms with van der Waals surface area (Å²) in [5.41, 5.74) is -1.14. The summed E-state index contributed by atoms with van der Waals surface area (Å²) >= 11 is 11.9. The lowest BCUT2D eigenvalue weighted by atomic mass is 9.90. The summed E-state index contributed by atoms with van der Waals surface area (Å²) < 4.78 is 16.0. The number of pyridine rings is 1. The zero-order chi connectivity index (χ0) is 22.3. The second-order valence-electron chi connectivity index (χ2n) is 7.11. The molecule has 31 heavy (non-hydrogen) atoms. The number of aromatic nitrogens is 5. The second kappa shape index (κ2) is 7.86. The molecule has 0 saturated heterocycles. The van der Waals surface area contributed by atoms with E-state index < -0.39 is 22.6 Å². The van der Waals surface area contributed by atoms with Crippen LogP contribution in [-0.4, -0.2) is 24.1 Å². The Kier molecular flexibility index (Phi) is 5.36. The van der Waals surface area contributed by atoms with Crippen molar-refractivity contribution in [1.29, 1.82) is 0 Å². The Morgan fingerprint density at radius 3 is 2.48 bits per heavy atom. The van der Waals surface area contributed by atoms with E-state index in [1.165, 1.54) is 6.07 Å². The number of halogens is 3. The number of hydrogen-bond acceptors (Lipinski definition) is 5. The third kappa shape index (κ3) is 3.51. The first-order chi connectivity index (χ1) is 14.8. The first kappa shape index (κ1) is 21.1. The van der Waals surface area contributed by atoms with E-state index >= 15 is 0 Å². The fourth-order valence-corrected chi connectivity index (χ4v) is 3.86. The highest BCUT2D eigenvalue weighted by molar-refractivity contribution is 6.32. The van der Waals surface area contributed by atoms with Gasteiger partial charge in [-0.1, -0.05) is 18.5 Å². The Hall–Kier alpha value is -3.10. The van der Waals surface area contributed by atoms with Crippen molar-refractivity contribution in [2.75, 3.05) is 0 Å². The van der Waals surface area contributed by atoms with Crippen LogP contribution in [0.1, 0.15) is 25.8 Å². The maximum Gasteiger partial charge on any atom is 0.357 e. The molecule has 2 aromatic rings. The van der Waals surface area contributed by atoms with Crippen molar-refractivity contribution in [2.24, 2.45) is 0 Å². The van der Waals surface area contributed by atoms with Gasteiger partial charge in [-0.15, -0.1) is 0 Å². The normalized spacial score (nSPS) is 13.3. The maximum atomic E-state index is 13.4. The highest BCUT2D eigenvalue weighted by atomic mass is 35.5. The average Bonchev–Trinajstić information content (AvgIpc) is 2.75. The Morgan fingerprint density at radius 2 is 1.84 bits per heavy atom. The van der Waals surface area contributed by atoms with Crippen LogP contribution < -0.4 is 11.2 Å². The van der Waals surface area contributed by atoms with Gasteiger partial charge in [-0.25, -0.2) is 23.7 Å². The Labute approximate surface area is 186 Å². The van der Waals surface area contributed by atoms with Gasteiger partial charge in [0.25, 0.3) is 5.56 Å². The number of rotatable bonds is 4. The predicted octanol–water partition coefficient (Wildman–Crippen LogP) is 3.91. The van der Waals surface area contributed by atoms with Crippen molar-refractivity contribution in [3.63, 3.8) is 0 Å². The van der Waals surface area contributed by atoms with Crippen molar-refractivity contribution in [3.05, 3.63) is 91.4 Å². The van der Waals surface area contributed by atoms with Crippen molar-refractivity contribution in [2.45, 2.75) is 25.8 Å². The molecular weight excluding hydrogens is 444 g/mol. The molecule has 0 bridgehead atoms. The van der Waals surface area contributed by atoms with E-state index in [2.05, 4.69) is 15.0 Å². The van der Waals surface area contributed by atoms with Crippen LogP contribution in [0.25, 0.3) is 17.1 Å². The molecule has 10 heteroatoms. The monoisotopic (exact) mass is 459 g/mol. The fourth-order valence-electron chi connectivity index (χ4n) is 3.51. The molecule has 2 aliphatic rings. The quantitative estimate of drug-likeness (QED) is 0.432. The third-order valence-electron chi connectivity index (χ3n) is 5.41. The van der Waals surface area contributed by atoms with Crippen LogP contribution in [0.3, 0.4) is 0 Å². The zero-order valence-electron chi connectivity index (χ0n) is 16.5. The lowest BCUT2D eigenvalue weighted by Crippen LogP contribution is -2.40. The van der Waals surface area contributed by atoms with Crippen LogP contribution in [0.15, 0.2) is 58.5 Å². The minimum atomic E-state index is -0.822. The van der Waals surface area contributed by atoms with E-state index in [1.54, 1.807) is 35.3 Å². The molecular formula is C21H16Cl2FN5O2. The van der Waals surface area contributed by atoms with E-state index in [0.29, 0.717) is 6.42 Å². The summed E-state index contributed by atoms with van der Waals surface area (Å²) in [6.45, 7) is 3.88. The molecule has 0 spiro atoms. The molecule has 0 aliphatic carbocycles. The van der Waals surface area contributed by atoms with E-state index in [1.807, 2.05) is 13.8 Å². The minimum absolute atomic E-state index is 0.0622. The smallest absolute Gasteiger partial charge is 0.322 e. The summed E-state index contributed by atoms with van der Waals surface area (Å²) in [6, 6.07) is 6.69. The summed E-state index contributed by atoms with van der Waals surface area (Å²) in [6.07, 6.45) is 5.52. The second-order valence-corrected chi connectivity index (χ2v) is 7.86. The van der Waals surface area contributed by atoms with E-state index in [4.69, 9.17) is 23.2 Å². The Balaban J connectivity index is 1.99. The highest BCUT2D eigenvalue weighted by Gasteiger charge is 2.31. The molecule has 1 aromatic heterocycles. The van der Waals surface area contributed by atoms with Crippen molar-refractivity contribution >= 4 is 23.2 Å². The molecule has 0 saturated carbocycles. The van der Waals surface area contributed by atoms with Gasteiger partial charge in [0.2, 0.25) is 5.28 Å². The molecule has 1 atom stereocenters. The van der Waals surface area contributed by atoms with Crippen LogP contribution in [0.5, 0.6) is 0 Å². The van der Waals surface area contributed by atoms with Crippen LogP contribution in [0.4, 0.5) is 4.39 Å². The van der Waals surface area contributed by atoms with Crippen molar-refractivity contribution in [1.82, 2.24) is 24.1 Å². The van der Waals surface area contributed by atoms with Crippen molar-refractivity contribution in [3.8, 4) is 17.1 Å². The summed E-state index contributed by atoms with van der Waals surface area (Å²) in [4.78, 5) is 38.4. The third-order valence-corrected chi connectivity index (χ3v) is 5.90. The molecule has 2 aliphatic heterocycles. The highest BCUT2D eigenvalue weighted by Crippen LogP contribution is 2.33. The predicted molar refractivity (Wildman–Crippen MR) is 116 cm³/mol. The largest absolute Gasteiger partial charge is 0.357 e. The molecule has 0 fully saturated rings. The number of hydrogen-bond donors (Lipinski definition) is 0. The summed E-state index contributed by atoms with van der Waals surface area (Å²) in [5.74, 6) is -0.379. The Morgan fingerprint density at radius 1 is 1.13 bits per heavy atom. The first-order valence-electron chi connectivity index (χ1n) is 9.34. The van der Waals surface area contributed by atoms with E-state index in [-0.39, 0.29) is 27.4 Å². The lowest BCUT2D eigenvalue weighted by molar-refractivity contribution is 0.374. The zero-order valence-corrected chi connectivity index (χ0v) is 18.0. The van der Waals surface area contributed by atoms with E-state index in [9.17, 15) is 14.0 Å². The van der Waals surface area contributed by atoms with Gasteiger partial charge >= 0.3 is 5.69 Å². The molecule has 0 radical (unpaired) electrons. The fraction of sp³-hybridized carbons (Fsp3) is 0.190. The van der Waals surface area contributed by atoms with E-state index in [0.717, 1.165) is 22.3 Å². The van der Waals surface area contributed by atoms with Gasteiger partial charge < -0.3 is 4.57 Å². The standard InChI is InChI=1S/C21H16Cl2FN5O2/c1-3-21(2,12-10-25-19(23)26-11-12)28-8-4-5-14-17(28)27-20(31)29(18(14)30)16-7-6-13(24)9-15(16)22/h4-11H,3H2,1-2H3. The molecule has 158 valence electrons. The van der Waals surface area contributed by atoms with Gasteiger partial charge in [-0.05, 0) is 55.3 Å². The van der Waals surface area contributed by atoms with Gasteiger partial charge in [0.1, 0.15) is 5.82 Å². The SMILES string of the molecule is CCC(C)(c1cnc(Cl)nc1)n1cccc2c(=O)n(-c3ccc(F)cc3Cl)c(=O)nc1-2. The number of nitrogens with zero attached hydrogens (tertiary/aromatic N) is 5. The maximum absolute atomic E-state index is 13.4.